The summed E-state index contributed by atoms with van der Waals surface area (Å²) in [6.45, 7) is 5.01. The van der Waals surface area contributed by atoms with Crippen LogP contribution in [0.4, 0.5) is 0 Å². The number of carbonyl (C=O) groups excluding carboxylic acids is 2. The smallest absolute Gasteiger partial charge is 0.375 e. The van der Waals surface area contributed by atoms with E-state index in [2.05, 4.69) is 0 Å². The number of aromatic nitrogens is 1. The largest absolute Gasteiger partial charge is 0.451 e. The van der Waals surface area contributed by atoms with E-state index in [0.29, 0.717) is 28.8 Å². The molecule has 1 aliphatic heterocycles. The number of Topliss-reactive ketones (excluding diaryl/α,β-unsaturated/α-hetero) is 1. The predicted octanol–water partition coefficient (Wildman–Crippen LogP) is 4.71. The van der Waals surface area contributed by atoms with Gasteiger partial charge in [0.1, 0.15) is 5.58 Å². The van der Waals surface area contributed by atoms with Gasteiger partial charge in [-0.3, -0.25) is 4.79 Å². The number of aryl methyl sites for hydroxylation is 2. The van der Waals surface area contributed by atoms with Crippen LogP contribution in [-0.2, 0) is 14.6 Å². The summed E-state index contributed by atoms with van der Waals surface area (Å²) in [7, 11) is -3.05. The van der Waals surface area contributed by atoms with Gasteiger partial charge < -0.3 is 13.7 Å². The summed E-state index contributed by atoms with van der Waals surface area (Å²) in [5, 5.41) is 2.73. The maximum atomic E-state index is 12.9. The van der Waals surface area contributed by atoms with E-state index in [1.165, 1.54) is 0 Å². The molecule has 0 saturated carbocycles. The lowest BCUT2D eigenvalue weighted by Crippen LogP contribution is -2.17. The van der Waals surface area contributed by atoms with Crippen molar-refractivity contribution in [2.75, 3.05) is 18.1 Å². The summed E-state index contributed by atoms with van der Waals surface area (Å²) in [5.41, 5.74) is 3.21. The molecule has 34 heavy (non-hydrogen) atoms. The lowest BCUT2D eigenvalue weighted by atomic mass is 10.1. The number of ether oxygens (including phenoxy) is 1. The molecule has 0 N–H and O–H groups in total. The second kappa shape index (κ2) is 8.13. The lowest BCUT2D eigenvalue weighted by molar-refractivity contribution is 0.0445. The molecule has 0 aliphatic carbocycles. The molecule has 8 heteroatoms. The average molecular weight is 480 g/mol. The molecule has 1 saturated heterocycles. The zero-order valence-electron chi connectivity index (χ0n) is 19.3. The van der Waals surface area contributed by atoms with Crippen molar-refractivity contribution in [2.24, 2.45) is 0 Å². The standard InChI is InChI=1S/C26H25NO6S/c1-15-12-22(17(3)27(15)19-10-11-34(30,31)14-19)23(28)13-32-26(29)24-16(2)20-9-8-18-6-4-5-7-21(18)25(20)33-24/h4-9,12,19H,10-11,13-14H2,1-3H3. The quantitative estimate of drug-likeness (QED) is 0.304. The molecule has 1 fully saturated rings. The fourth-order valence-corrected chi connectivity index (χ4v) is 6.72. The van der Waals surface area contributed by atoms with Gasteiger partial charge in [0.05, 0.1) is 11.5 Å². The number of furan rings is 1. The minimum absolute atomic E-state index is 0.0754. The van der Waals surface area contributed by atoms with E-state index in [4.69, 9.17) is 9.15 Å². The molecule has 0 spiro atoms. The average Bonchev–Trinajstić information content (AvgIpc) is 3.44. The number of ketones is 1. The van der Waals surface area contributed by atoms with Crippen LogP contribution < -0.4 is 0 Å². The van der Waals surface area contributed by atoms with Crippen LogP contribution in [-0.4, -0.2) is 42.9 Å². The molecule has 0 radical (unpaired) electrons. The van der Waals surface area contributed by atoms with Gasteiger partial charge in [0.15, 0.2) is 16.4 Å². The highest BCUT2D eigenvalue weighted by molar-refractivity contribution is 7.91. The first-order chi connectivity index (χ1) is 16.2. The highest BCUT2D eigenvalue weighted by atomic mass is 32.2. The van der Waals surface area contributed by atoms with Gasteiger partial charge >= 0.3 is 5.97 Å². The monoisotopic (exact) mass is 479 g/mol. The fourth-order valence-electron chi connectivity index (χ4n) is 5.02. The van der Waals surface area contributed by atoms with Gasteiger partial charge in [-0.15, -0.1) is 0 Å². The first-order valence-electron chi connectivity index (χ1n) is 11.2. The Hall–Kier alpha value is -3.39. The van der Waals surface area contributed by atoms with E-state index in [-0.39, 0.29) is 29.1 Å². The molecule has 7 nitrogen and oxygen atoms in total. The second-order valence-corrected chi connectivity index (χ2v) is 11.2. The molecule has 1 aliphatic rings. The molecule has 0 bridgehead atoms. The van der Waals surface area contributed by atoms with Gasteiger partial charge in [-0.2, -0.15) is 0 Å². The SMILES string of the molecule is Cc1c(C(=O)OCC(=O)c2cc(C)n(C3CCS(=O)(=O)C3)c2C)oc2c1ccc1ccccc12. The number of hydrogen-bond acceptors (Lipinski definition) is 6. The first-order valence-corrected chi connectivity index (χ1v) is 13.0. The predicted molar refractivity (Wildman–Crippen MR) is 129 cm³/mol. The third-order valence-corrected chi connectivity index (χ3v) is 8.46. The van der Waals surface area contributed by atoms with Gasteiger partial charge in [0.25, 0.3) is 0 Å². The van der Waals surface area contributed by atoms with Crippen molar-refractivity contribution in [3.05, 3.63) is 70.7 Å². The van der Waals surface area contributed by atoms with Crippen molar-refractivity contribution in [3.8, 4) is 0 Å². The van der Waals surface area contributed by atoms with E-state index in [0.717, 1.165) is 21.9 Å². The molecular weight excluding hydrogens is 454 g/mol. The Labute approximate surface area is 197 Å². The number of hydrogen-bond donors (Lipinski definition) is 0. The van der Waals surface area contributed by atoms with E-state index in [1.54, 1.807) is 19.9 Å². The second-order valence-electron chi connectivity index (χ2n) is 8.93. The number of fused-ring (bicyclic) bond motifs is 3. The summed E-state index contributed by atoms with van der Waals surface area (Å²) in [5.74, 6) is -0.719. The summed E-state index contributed by atoms with van der Waals surface area (Å²) in [6.07, 6.45) is 0.529. The summed E-state index contributed by atoms with van der Waals surface area (Å²) >= 11 is 0. The number of rotatable bonds is 5. The Morgan fingerprint density at radius 2 is 1.85 bits per heavy atom. The van der Waals surface area contributed by atoms with Crippen molar-refractivity contribution >= 4 is 43.3 Å². The van der Waals surface area contributed by atoms with Gasteiger partial charge in [0, 0.05) is 39.3 Å². The first kappa shape index (κ1) is 22.4. The number of esters is 1. The maximum Gasteiger partial charge on any atom is 0.375 e. The summed E-state index contributed by atoms with van der Waals surface area (Å²) < 4.78 is 37.0. The number of sulfone groups is 1. The van der Waals surface area contributed by atoms with E-state index < -0.39 is 22.4 Å². The van der Waals surface area contributed by atoms with Crippen LogP contribution in [0, 0.1) is 20.8 Å². The third-order valence-electron chi connectivity index (χ3n) is 6.71. The zero-order chi connectivity index (χ0) is 24.2. The Kier molecular flexibility index (Phi) is 5.36. The summed E-state index contributed by atoms with van der Waals surface area (Å²) in [6, 6.07) is 13.2. The Balaban J connectivity index is 1.36. The molecule has 1 atom stereocenters. The number of benzene rings is 2. The molecular formula is C26H25NO6S. The van der Waals surface area contributed by atoms with Crippen molar-refractivity contribution in [3.63, 3.8) is 0 Å². The molecule has 1 unspecified atom stereocenters. The maximum absolute atomic E-state index is 12.9. The molecule has 5 rings (SSSR count). The molecule has 2 aromatic heterocycles. The third kappa shape index (κ3) is 3.72. The molecule has 0 amide bonds. The zero-order valence-corrected chi connectivity index (χ0v) is 20.1. The van der Waals surface area contributed by atoms with Crippen LogP contribution in [0.2, 0.25) is 0 Å². The molecule has 2 aromatic carbocycles. The van der Waals surface area contributed by atoms with E-state index >= 15 is 0 Å². The Morgan fingerprint density at radius 1 is 1.09 bits per heavy atom. The molecule has 3 heterocycles. The van der Waals surface area contributed by atoms with Gasteiger partial charge in [-0.05, 0) is 38.6 Å². The number of nitrogens with zero attached hydrogens (tertiary/aromatic N) is 1. The minimum atomic E-state index is -3.05. The van der Waals surface area contributed by atoms with Crippen LogP contribution in [0.15, 0.2) is 46.9 Å². The van der Waals surface area contributed by atoms with Crippen LogP contribution in [0.1, 0.15) is 50.3 Å². The fraction of sp³-hybridized carbons (Fsp3) is 0.308. The van der Waals surface area contributed by atoms with E-state index in [1.807, 2.05) is 47.9 Å². The van der Waals surface area contributed by atoms with Crippen molar-refractivity contribution in [2.45, 2.75) is 33.2 Å². The Bertz CT molecular complexity index is 1570. The Morgan fingerprint density at radius 3 is 2.59 bits per heavy atom. The van der Waals surface area contributed by atoms with Crippen molar-refractivity contribution in [1.29, 1.82) is 0 Å². The van der Waals surface area contributed by atoms with Crippen molar-refractivity contribution < 1.29 is 27.2 Å². The van der Waals surface area contributed by atoms with Crippen LogP contribution in [0.25, 0.3) is 21.7 Å². The van der Waals surface area contributed by atoms with Gasteiger partial charge in [-0.25, -0.2) is 13.2 Å². The summed E-state index contributed by atoms with van der Waals surface area (Å²) in [4.78, 5) is 25.7. The van der Waals surface area contributed by atoms with Crippen molar-refractivity contribution in [1.82, 2.24) is 4.57 Å². The van der Waals surface area contributed by atoms with Gasteiger partial charge in [-0.1, -0.05) is 36.4 Å². The topological polar surface area (TPSA) is 95.6 Å². The van der Waals surface area contributed by atoms with E-state index in [9.17, 15) is 18.0 Å². The lowest BCUT2D eigenvalue weighted by Gasteiger charge is -2.16. The number of carbonyl (C=O) groups is 2. The highest BCUT2D eigenvalue weighted by Crippen LogP contribution is 2.32. The van der Waals surface area contributed by atoms with Crippen LogP contribution in [0.5, 0.6) is 0 Å². The van der Waals surface area contributed by atoms with Crippen LogP contribution in [0.3, 0.4) is 0 Å². The normalized spacial score (nSPS) is 17.4. The van der Waals surface area contributed by atoms with Crippen LogP contribution >= 0.6 is 0 Å². The highest BCUT2D eigenvalue weighted by Gasteiger charge is 2.32. The minimum Gasteiger partial charge on any atom is -0.451 e. The molecule has 4 aromatic rings. The van der Waals surface area contributed by atoms with Gasteiger partial charge in [0.2, 0.25) is 11.5 Å². The molecule has 176 valence electrons.